The highest BCUT2D eigenvalue weighted by molar-refractivity contribution is 6.30. The molecule has 136 valence electrons. The average molecular weight is 381 g/mol. The fourth-order valence-corrected chi connectivity index (χ4v) is 2.84. The number of fused-ring (bicyclic) bond motifs is 1. The Balaban J connectivity index is 1.36. The van der Waals surface area contributed by atoms with Crippen LogP contribution in [0.15, 0.2) is 66.7 Å². The molecule has 27 heavy (non-hydrogen) atoms. The fraction of sp³-hybridized carbons (Fsp3) is 0.0952. The first kappa shape index (κ1) is 17.2. The van der Waals surface area contributed by atoms with E-state index in [1.807, 2.05) is 48.5 Å². The Bertz CT molecular complexity index is 956. The number of hydrogen-bond acceptors (Lipinski definition) is 4. The van der Waals surface area contributed by atoms with Gasteiger partial charge in [0.15, 0.2) is 11.5 Å². The Morgan fingerprint density at radius 3 is 2.37 bits per heavy atom. The van der Waals surface area contributed by atoms with Crippen molar-refractivity contribution >= 4 is 28.9 Å². The Labute approximate surface area is 161 Å². The van der Waals surface area contributed by atoms with Crippen LogP contribution in [0.4, 0.5) is 11.4 Å². The number of hydrogen-bond donors (Lipinski definition) is 2. The van der Waals surface area contributed by atoms with Crippen LogP contribution in [0.25, 0.3) is 0 Å². The second-order valence-electron chi connectivity index (χ2n) is 6.08. The van der Waals surface area contributed by atoms with Crippen LogP contribution in [0.1, 0.15) is 15.9 Å². The number of carbonyl (C=O) groups excluding carboxylic acids is 1. The molecule has 5 nitrogen and oxygen atoms in total. The van der Waals surface area contributed by atoms with Gasteiger partial charge in [0.25, 0.3) is 5.91 Å². The molecule has 1 heterocycles. The van der Waals surface area contributed by atoms with Gasteiger partial charge in [-0.3, -0.25) is 4.79 Å². The highest BCUT2D eigenvalue weighted by Crippen LogP contribution is 2.32. The number of carbonyl (C=O) groups is 1. The molecule has 1 amide bonds. The zero-order chi connectivity index (χ0) is 18.6. The standard InChI is InChI=1S/C21H17ClN2O3/c22-16-4-1-14(2-5-16)12-23-17-6-8-18(9-7-17)24-21(25)15-3-10-19-20(11-15)27-13-26-19/h1-11,23H,12-13H2,(H,24,25). The highest BCUT2D eigenvalue weighted by Gasteiger charge is 2.16. The summed E-state index contributed by atoms with van der Waals surface area (Å²) in [5, 5.41) is 6.94. The Morgan fingerprint density at radius 2 is 1.59 bits per heavy atom. The SMILES string of the molecule is O=C(Nc1ccc(NCc2ccc(Cl)cc2)cc1)c1ccc2c(c1)OCO2. The van der Waals surface area contributed by atoms with E-state index in [9.17, 15) is 4.79 Å². The maximum atomic E-state index is 12.4. The minimum absolute atomic E-state index is 0.185. The van der Waals surface area contributed by atoms with Crippen molar-refractivity contribution in [3.8, 4) is 11.5 Å². The summed E-state index contributed by atoms with van der Waals surface area (Å²) < 4.78 is 10.6. The molecule has 6 heteroatoms. The molecule has 0 spiro atoms. The Morgan fingerprint density at radius 1 is 0.889 bits per heavy atom. The first-order valence-electron chi connectivity index (χ1n) is 8.47. The van der Waals surface area contributed by atoms with E-state index in [0.29, 0.717) is 23.6 Å². The Kier molecular flexibility index (Phi) is 4.85. The lowest BCUT2D eigenvalue weighted by Gasteiger charge is -2.09. The molecule has 4 rings (SSSR count). The molecule has 1 aliphatic rings. The van der Waals surface area contributed by atoms with Gasteiger partial charge in [-0.1, -0.05) is 23.7 Å². The van der Waals surface area contributed by atoms with Crippen LogP contribution in [0.5, 0.6) is 11.5 Å². The summed E-state index contributed by atoms with van der Waals surface area (Å²) in [5.74, 6) is 1.04. The van der Waals surface area contributed by atoms with Gasteiger partial charge in [0.1, 0.15) is 0 Å². The summed E-state index contributed by atoms with van der Waals surface area (Å²) in [5.41, 5.74) is 3.34. The summed E-state index contributed by atoms with van der Waals surface area (Å²) in [6.45, 7) is 0.880. The van der Waals surface area contributed by atoms with Crippen LogP contribution in [0.2, 0.25) is 5.02 Å². The summed E-state index contributed by atoms with van der Waals surface area (Å²) in [6.07, 6.45) is 0. The van der Waals surface area contributed by atoms with Crippen molar-refractivity contribution < 1.29 is 14.3 Å². The smallest absolute Gasteiger partial charge is 0.255 e. The van der Waals surface area contributed by atoms with Crippen LogP contribution in [0.3, 0.4) is 0 Å². The van der Waals surface area contributed by atoms with Gasteiger partial charge < -0.3 is 20.1 Å². The normalized spacial score (nSPS) is 11.9. The average Bonchev–Trinajstić information content (AvgIpc) is 3.16. The maximum Gasteiger partial charge on any atom is 0.255 e. The molecule has 3 aromatic rings. The van der Waals surface area contributed by atoms with Crippen LogP contribution in [-0.4, -0.2) is 12.7 Å². The van der Waals surface area contributed by atoms with Gasteiger partial charge in [0.05, 0.1) is 0 Å². The van der Waals surface area contributed by atoms with Crippen molar-refractivity contribution in [1.82, 2.24) is 0 Å². The number of anilines is 2. The quantitative estimate of drug-likeness (QED) is 0.658. The topological polar surface area (TPSA) is 59.6 Å². The van der Waals surface area contributed by atoms with Crippen LogP contribution in [-0.2, 0) is 6.54 Å². The number of nitrogens with one attached hydrogen (secondary N) is 2. The third-order valence-electron chi connectivity index (χ3n) is 4.19. The van der Waals surface area contributed by atoms with Crippen molar-refractivity contribution in [2.75, 3.05) is 17.4 Å². The molecular formula is C21H17ClN2O3. The van der Waals surface area contributed by atoms with Crippen LogP contribution >= 0.6 is 11.6 Å². The van der Waals surface area contributed by atoms with E-state index < -0.39 is 0 Å². The summed E-state index contributed by atoms with van der Waals surface area (Å²) in [6, 6.07) is 20.4. The van der Waals surface area contributed by atoms with E-state index in [0.717, 1.165) is 22.0 Å². The molecule has 0 aliphatic carbocycles. The number of ether oxygens (including phenoxy) is 2. The van der Waals surface area contributed by atoms with Gasteiger partial charge in [-0.25, -0.2) is 0 Å². The van der Waals surface area contributed by atoms with Crippen molar-refractivity contribution in [2.24, 2.45) is 0 Å². The molecule has 0 saturated heterocycles. The second kappa shape index (κ2) is 7.60. The zero-order valence-corrected chi connectivity index (χ0v) is 15.1. The number of rotatable bonds is 5. The lowest BCUT2D eigenvalue weighted by Crippen LogP contribution is -2.11. The fourth-order valence-electron chi connectivity index (χ4n) is 2.72. The number of benzene rings is 3. The van der Waals surface area contributed by atoms with Crippen molar-refractivity contribution in [1.29, 1.82) is 0 Å². The van der Waals surface area contributed by atoms with E-state index >= 15 is 0 Å². The van der Waals surface area contributed by atoms with Gasteiger partial charge in [-0.2, -0.15) is 0 Å². The van der Waals surface area contributed by atoms with E-state index in [4.69, 9.17) is 21.1 Å². The summed E-state index contributed by atoms with van der Waals surface area (Å²) in [7, 11) is 0. The monoisotopic (exact) mass is 380 g/mol. The van der Waals surface area contributed by atoms with Crippen molar-refractivity contribution in [2.45, 2.75) is 6.54 Å². The molecule has 0 bridgehead atoms. The number of amides is 1. The molecule has 3 aromatic carbocycles. The van der Waals surface area contributed by atoms with Gasteiger partial charge in [0.2, 0.25) is 6.79 Å². The second-order valence-corrected chi connectivity index (χ2v) is 6.52. The Hall–Kier alpha value is -3.18. The third-order valence-corrected chi connectivity index (χ3v) is 4.44. The predicted molar refractivity (Wildman–Crippen MR) is 106 cm³/mol. The molecular weight excluding hydrogens is 364 g/mol. The lowest BCUT2D eigenvalue weighted by atomic mass is 10.2. The molecule has 0 unspecified atom stereocenters. The zero-order valence-electron chi connectivity index (χ0n) is 14.4. The number of halogens is 1. The van der Waals surface area contributed by atoms with E-state index in [-0.39, 0.29) is 12.7 Å². The van der Waals surface area contributed by atoms with Crippen LogP contribution < -0.4 is 20.1 Å². The van der Waals surface area contributed by atoms with Gasteiger partial charge in [-0.05, 0) is 60.2 Å². The largest absolute Gasteiger partial charge is 0.454 e. The first-order chi connectivity index (χ1) is 13.2. The summed E-state index contributed by atoms with van der Waals surface area (Å²) >= 11 is 5.89. The maximum absolute atomic E-state index is 12.4. The molecule has 0 fully saturated rings. The lowest BCUT2D eigenvalue weighted by molar-refractivity contribution is 0.102. The minimum atomic E-state index is -0.199. The van der Waals surface area contributed by atoms with Gasteiger partial charge >= 0.3 is 0 Å². The molecule has 0 aromatic heterocycles. The third kappa shape index (κ3) is 4.15. The van der Waals surface area contributed by atoms with E-state index in [2.05, 4.69) is 10.6 Å². The van der Waals surface area contributed by atoms with E-state index in [1.54, 1.807) is 18.2 Å². The molecule has 0 radical (unpaired) electrons. The van der Waals surface area contributed by atoms with Crippen molar-refractivity contribution in [3.05, 3.63) is 82.9 Å². The predicted octanol–water partition coefficient (Wildman–Crippen LogP) is 4.93. The van der Waals surface area contributed by atoms with Gasteiger partial charge in [-0.15, -0.1) is 0 Å². The van der Waals surface area contributed by atoms with Crippen molar-refractivity contribution in [3.63, 3.8) is 0 Å². The van der Waals surface area contributed by atoms with Gasteiger partial charge in [0, 0.05) is 28.5 Å². The van der Waals surface area contributed by atoms with E-state index in [1.165, 1.54) is 0 Å². The highest BCUT2D eigenvalue weighted by atomic mass is 35.5. The first-order valence-corrected chi connectivity index (χ1v) is 8.84. The molecule has 2 N–H and O–H groups in total. The summed E-state index contributed by atoms with van der Waals surface area (Å²) in [4.78, 5) is 12.4. The molecule has 0 saturated carbocycles. The minimum Gasteiger partial charge on any atom is -0.454 e. The molecule has 1 aliphatic heterocycles. The molecule has 0 atom stereocenters. The van der Waals surface area contributed by atoms with Crippen LogP contribution in [0, 0.1) is 0 Å².